The maximum absolute atomic E-state index is 11.4. The van der Waals surface area contributed by atoms with Gasteiger partial charge in [0.2, 0.25) is 5.91 Å². The lowest BCUT2D eigenvalue weighted by Gasteiger charge is -2.25. The molecule has 3 N–H and O–H groups in total. The predicted octanol–water partition coefficient (Wildman–Crippen LogP) is 2.32. The number of hydrogen-bond acceptors (Lipinski definition) is 3. The number of para-hydroxylation sites is 1. The van der Waals surface area contributed by atoms with Crippen molar-refractivity contribution in [1.29, 1.82) is 0 Å². The first-order chi connectivity index (χ1) is 9.40. The van der Waals surface area contributed by atoms with Crippen LogP contribution in [0.2, 0.25) is 0 Å². The van der Waals surface area contributed by atoms with Crippen molar-refractivity contribution >= 4 is 5.91 Å². The van der Waals surface area contributed by atoms with E-state index in [0.29, 0.717) is 6.61 Å². The van der Waals surface area contributed by atoms with E-state index in [9.17, 15) is 4.79 Å². The molecule has 0 spiro atoms. The molecule has 0 fully saturated rings. The number of likely N-dealkylation sites (N-methyl/N-ethyl adjacent to an activating group) is 1. The monoisotopic (exact) mass is 278 g/mol. The van der Waals surface area contributed by atoms with Crippen LogP contribution in [0.5, 0.6) is 5.75 Å². The van der Waals surface area contributed by atoms with E-state index in [1.165, 1.54) is 0 Å². The van der Waals surface area contributed by atoms with Gasteiger partial charge in [0.1, 0.15) is 5.75 Å². The molecule has 0 aliphatic heterocycles. The number of hydrogen-bond donors (Lipinski definition) is 2. The van der Waals surface area contributed by atoms with E-state index in [4.69, 9.17) is 10.5 Å². The zero-order valence-electron chi connectivity index (χ0n) is 13.0. The van der Waals surface area contributed by atoms with Gasteiger partial charge in [-0.05, 0) is 58.2 Å². The largest absolute Gasteiger partial charge is 0.493 e. The first kappa shape index (κ1) is 16.5. The van der Waals surface area contributed by atoms with Crippen LogP contribution in [0.4, 0.5) is 0 Å². The lowest BCUT2D eigenvalue weighted by molar-refractivity contribution is -0.123. The Morgan fingerprint density at radius 3 is 2.40 bits per heavy atom. The van der Waals surface area contributed by atoms with Crippen LogP contribution in [0.1, 0.15) is 37.3 Å². The number of unbranched alkanes of at least 4 members (excludes halogenated alkanes) is 1. The summed E-state index contributed by atoms with van der Waals surface area (Å²) in [6, 6.07) is 6.13. The zero-order chi connectivity index (χ0) is 15.2. The molecule has 0 heterocycles. The molecule has 1 aromatic carbocycles. The summed E-state index contributed by atoms with van der Waals surface area (Å²) in [6.07, 6.45) is 2.51. The van der Waals surface area contributed by atoms with Crippen molar-refractivity contribution in [2.75, 3.05) is 13.7 Å². The summed E-state index contributed by atoms with van der Waals surface area (Å²) in [7, 11) is 1.76. The molecule has 0 aliphatic carbocycles. The summed E-state index contributed by atoms with van der Waals surface area (Å²) in [5.74, 6) is 0.662. The first-order valence-electron chi connectivity index (χ1n) is 7.08. The average Bonchev–Trinajstić information content (AvgIpc) is 2.40. The molecule has 4 heteroatoms. The fourth-order valence-electron chi connectivity index (χ4n) is 2.15. The number of aryl methyl sites for hydroxylation is 2. The Hall–Kier alpha value is -1.55. The maximum atomic E-state index is 11.4. The highest BCUT2D eigenvalue weighted by Crippen LogP contribution is 2.22. The van der Waals surface area contributed by atoms with Crippen molar-refractivity contribution < 1.29 is 9.53 Å². The van der Waals surface area contributed by atoms with Gasteiger partial charge in [0, 0.05) is 0 Å². The van der Waals surface area contributed by atoms with E-state index >= 15 is 0 Å². The Morgan fingerprint density at radius 1 is 1.30 bits per heavy atom. The standard InChI is InChI=1S/C16H26N2O2/c1-12-8-7-9-13(2)14(12)20-11-6-5-10-16(3,18-4)15(17)19/h7-9,18H,5-6,10-11H2,1-4H3,(H2,17,19). The smallest absolute Gasteiger partial charge is 0.237 e. The summed E-state index contributed by atoms with van der Waals surface area (Å²) in [5.41, 5.74) is 7.08. The fourth-order valence-corrected chi connectivity index (χ4v) is 2.15. The maximum Gasteiger partial charge on any atom is 0.237 e. The summed E-state index contributed by atoms with van der Waals surface area (Å²) in [5, 5.41) is 2.99. The van der Waals surface area contributed by atoms with Gasteiger partial charge in [0.05, 0.1) is 12.1 Å². The number of amides is 1. The Balaban J connectivity index is 2.38. The second-order valence-corrected chi connectivity index (χ2v) is 5.47. The molecule has 4 nitrogen and oxygen atoms in total. The summed E-state index contributed by atoms with van der Waals surface area (Å²) in [6.45, 7) is 6.59. The van der Waals surface area contributed by atoms with Gasteiger partial charge in [-0.3, -0.25) is 4.79 Å². The Labute approximate surface area is 121 Å². The number of carbonyl (C=O) groups is 1. The minimum atomic E-state index is -0.626. The third-order valence-corrected chi connectivity index (χ3v) is 3.82. The zero-order valence-corrected chi connectivity index (χ0v) is 13.0. The van der Waals surface area contributed by atoms with Crippen molar-refractivity contribution in [2.24, 2.45) is 5.73 Å². The van der Waals surface area contributed by atoms with Crippen LogP contribution in [-0.2, 0) is 4.79 Å². The Morgan fingerprint density at radius 2 is 1.90 bits per heavy atom. The molecule has 112 valence electrons. The van der Waals surface area contributed by atoms with Crippen molar-refractivity contribution in [3.63, 3.8) is 0 Å². The first-order valence-corrected chi connectivity index (χ1v) is 7.08. The van der Waals surface area contributed by atoms with E-state index in [1.807, 2.05) is 39.0 Å². The van der Waals surface area contributed by atoms with Crippen molar-refractivity contribution in [3.8, 4) is 5.75 Å². The third-order valence-electron chi connectivity index (χ3n) is 3.82. The van der Waals surface area contributed by atoms with Crippen LogP contribution in [-0.4, -0.2) is 25.1 Å². The normalized spacial score (nSPS) is 13.8. The molecule has 1 amide bonds. The highest BCUT2D eigenvalue weighted by molar-refractivity contribution is 5.84. The molecule has 1 unspecified atom stereocenters. The number of nitrogens with two attached hydrogens (primary N) is 1. The lowest BCUT2D eigenvalue weighted by atomic mass is 9.94. The molecule has 1 aromatic rings. The number of benzene rings is 1. The molecule has 0 saturated carbocycles. The summed E-state index contributed by atoms with van der Waals surface area (Å²) < 4.78 is 5.84. The predicted molar refractivity (Wildman–Crippen MR) is 81.9 cm³/mol. The van der Waals surface area contributed by atoms with E-state index in [0.717, 1.165) is 36.1 Å². The SMILES string of the molecule is CNC(C)(CCCCOc1c(C)cccc1C)C(N)=O. The molecule has 0 aromatic heterocycles. The van der Waals surface area contributed by atoms with Gasteiger partial charge in [-0.2, -0.15) is 0 Å². The van der Waals surface area contributed by atoms with Gasteiger partial charge in [-0.25, -0.2) is 0 Å². The minimum absolute atomic E-state index is 0.310. The van der Waals surface area contributed by atoms with Gasteiger partial charge >= 0.3 is 0 Å². The Bertz CT molecular complexity index is 440. The lowest BCUT2D eigenvalue weighted by Crippen LogP contribution is -2.51. The van der Waals surface area contributed by atoms with Gasteiger partial charge in [-0.15, -0.1) is 0 Å². The summed E-state index contributed by atoms with van der Waals surface area (Å²) >= 11 is 0. The minimum Gasteiger partial charge on any atom is -0.493 e. The Kier molecular flexibility index (Phi) is 6.02. The van der Waals surface area contributed by atoms with Crippen molar-refractivity contribution in [1.82, 2.24) is 5.32 Å². The second-order valence-electron chi connectivity index (χ2n) is 5.47. The third kappa shape index (κ3) is 4.23. The summed E-state index contributed by atoms with van der Waals surface area (Å²) in [4.78, 5) is 11.4. The molecule has 0 bridgehead atoms. The van der Waals surface area contributed by atoms with Crippen LogP contribution in [0.25, 0.3) is 0 Å². The number of carbonyl (C=O) groups excluding carboxylic acids is 1. The fraction of sp³-hybridized carbons (Fsp3) is 0.562. The molecular weight excluding hydrogens is 252 g/mol. The van der Waals surface area contributed by atoms with Crippen LogP contribution < -0.4 is 15.8 Å². The molecule has 0 saturated heterocycles. The van der Waals surface area contributed by atoms with Gasteiger partial charge in [0.25, 0.3) is 0 Å². The van der Waals surface area contributed by atoms with E-state index in [-0.39, 0.29) is 5.91 Å². The molecule has 0 aliphatic rings. The molecular formula is C16H26N2O2. The number of ether oxygens (including phenoxy) is 1. The van der Waals surface area contributed by atoms with Crippen LogP contribution in [0.3, 0.4) is 0 Å². The molecule has 20 heavy (non-hydrogen) atoms. The van der Waals surface area contributed by atoms with Crippen LogP contribution >= 0.6 is 0 Å². The average molecular weight is 278 g/mol. The molecule has 1 atom stereocenters. The number of nitrogens with one attached hydrogen (secondary N) is 1. The van der Waals surface area contributed by atoms with Gasteiger partial charge < -0.3 is 15.8 Å². The molecule has 1 rings (SSSR count). The van der Waals surface area contributed by atoms with Gasteiger partial charge in [0.15, 0.2) is 0 Å². The highest BCUT2D eigenvalue weighted by atomic mass is 16.5. The van der Waals surface area contributed by atoms with Gasteiger partial charge in [-0.1, -0.05) is 18.2 Å². The highest BCUT2D eigenvalue weighted by Gasteiger charge is 2.27. The van der Waals surface area contributed by atoms with Crippen LogP contribution in [0.15, 0.2) is 18.2 Å². The number of rotatable bonds is 8. The second kappa shape index (κ2) is 7.29. The quantitative estimate of drug-likeness (QED) is 0.717. The van der Waals surface area contributed by atoms with Crippen LogP contribution in [0, 0.1) is 13.8 Å². The molecule has 0 radical (unpaired) electrons. The van der Waals surface area contributed by atoms with E-state index < -0.39 is 5.54 Å². The van der Waals surface area contributed by atoms with E-state index in [1.54, 1.807) is 7.05 Å². The topological polar surface area (TPSA) is 64.3 Å². The van der Waals surface area contributed by atoms with E-state index in [2.05, 4.69) is 5.32 Å². The van der Waals surface area contributed by atoms with Crippen molar-refractivity contribution in [3.05, 3.63) is 29.3 Å². The number of primary amides is 1. The van der Waals surface area contributed by atoms with Crippen molar-refractivity contribution in [2.45, 2.75) is 45.6 Å².